The molecule has 2 aromatic rings. The Balaban J connectivity index is 2.51. The van der Waals surface area contributed by atoms with Gasteiger partial charge in [-0.3, -0.25) is 0 Å². The molecule has 1 heterocycles. The van der Waals surface area contributed by atoms with Crippen molar-refractivity contribution in [2.45, 2.75) is 6.54 Å². The van der Waals surface area contributed by atoms with Crippen LogP contribution in [-0.2, 0) is 6.54 Å². The Bertz CT molecular complexity index is 554. The molecule has 2 rings (SSSR count). The number of nitrogens with two attached hydrogens (primary N) is 1. The van der Waals surface area contributed by atoms with Crippen LogP contribution in [0.15, 0.2) is 30.3 Å². The molecule has 4 heteroatoms. The van der Waals surface area contributed by atoms with Gasteiger partial charge >= 0.3 is 0 Å². The monoisotopic (exact) mass is 248 g/mol. The molecular weight excluding hydrogens is 240 g/mol. The second kappa shape index (κ2) is 4.67. The van der Waals surface area contributed by atoms with Crippen molar-refractivity contribution in [2.75, 3.05) is 0 Å². The highest BCUT2D eigenvalue weighted by molar-refractivity contribution is 7.16. The van der Waals surface area contributed by atoms with Crippen LogP contribution in [0.3, 0.4) is 0 Å². The fourth-order valence-electron chi connectivity index (χ4n) is 1.51. The van der Waals surface area contributed by atoms with E-state index < -0.39 is 0 Å². The molecule has 1 aromatic carbocycles. The Kier molecular flexibility index (Phi) is 3.25. The van der Waals surface area contributed by atoms with Gasteiger partial charge in [-0.25, -0.2) is 0 Å². The molecule has 0 aliphatic heterocycles. The molecule has 2 N–H and O–H groups in total. The summed E-state index contributed by atoms with van der Waals surface area (Å²) >= 11 is 7.37. The maximum absolute atomic E-state index is 8.78. The minimum atomic E-state index is 0.440. The quantitative estimate of drug-likeness (QED) is 0.886. The molecule has 0 aliphatic rings. The number of thiophene rings is 1. The molecule has 0 aliphatic carbocycles. The van der Waals surface area contributed by atoms with Crippen LogP contribution in [0.25, 0.3) is 10.4 Å². The highest BCUT2D eigenvalue weighted by Crippen LogP contribution is 2.31. The Morgan fingerprint density at radius 2 is 2.12 bits per heavy atom. The van der Waals surface area contributed by atoms with Gasteiger partial charge in [-0.2, -0.15) is 5.26 Å². The van der Waals surface area contributed by atoms with E-state index in [9.17, 15) is 0 Å². The molecular formula is C12H9ClN2S. The summed E-state index contributed by atoms with van der Waals surface area (Å²) in [6, 6.07) is 11.5. The lowest BCUT2D eigenvalue weighted by molar-refractivity contribution is 1.08. The first-order chi connectivity index (χ1) is 7.74. The Morgan fingerprint density at radius 3 is 2.75 bits per heavy atom. The summed E-state index contributed by atoms with van der Waals surface area (Å²) < 4.78 is 0. The predicted octanol–water partition coefficient (Wildman–Crippen LogP) is 3.40. The van der Waals surface area contributed by atoms with Gasteiger partial charge in [0, 0.05) is 16.4 Å². The first-order valence-electron chi connectivity index (χ1n) is 4.73. The number of nitrogens with zero attached hydrogens (tertiary/aromatic N) is 1. The second-order valence-electron chi connectivity index (χ2n) is 3.28. The zero-order chi connectivity index (χ0) is 11.5. The molecule has 0 bridgehead atoms. The van der Waals surface area contributed by atoms with Crippen LogP contribution in [0.1, 0.15) is 10.4 Å². The minimum absolute atomic E-state index is 0.440. The summed E-state index contributed by atoms with van der Waals surface area (Å²) in [4.78, 5) is 1.75. The molecule has 16 heavy (non-hydrogen) atoms. The number of rotatable bonds is 2. The third-order valence-electron chi connectivity index (χ3n) is 2.27. The fourth-order valence-corrected chi connectivity index (χ4v) is 2.57. The average Bonchev–Trinajstić information content (AvgIpc) is 2.77. The largest absolute Gasteiger partial charge is 0.326 e. The molecule has 1 aromatic heterocycles. The maximum atomic E-state index is 8.78. The number of nitriles is 1. The maximum Gasteiger partial charge on any atom is 0.110 e. The fraction of sp³-hybridized carbons (Fsp3) is 0.0833. The molecule has 0 saturated heterocycles. The van der Waals surface area contributed by atoms with E-state index in [2.05, 4.69) is 6.07 Å². The van der Waals surface area contributed by atoms with E-state index in [4.69, 9.17) is 22.6 Å². The van der Waals surface area contributed by atoms with Crippen LogP contribution < -0.4 is 5.73 Å². The summed E-state index contributed by atoms with van der Waals surface area (Å²) in [5, 5.41) is 9.46. The summed E-state index contributed by atoms with van der Waals surface area (Å²) in [6.07, 6.45) is 0. The van der Waals surface area contributed by atoms with Gasteiger partial charge in [0.15, 0.2) is 0 Å². The summed E-state index contributed by atoms with van der Waals surface area (Å²) in [7, 11) is 0. The van der Waals surface area contributed by atoms with Gasteiger partial charge in [-0.15, -0.1) is 11.3 Å². The van der Waals surface area contributed by atoms with E-state index in [1.54, 1.807) is 0 Å². The van der Waals surface area contributed by atoms with Gasteiger partial charge in [0.2, 0.25) is 0 Å². The van der Waals surface area contributed by atoms with Crippen molar-refractivity contribution in [2.24, 2.45) is 5.73 Å². The molecule has 0 spiro atoms. The lowest BCUT2D eigenvalue weighted by atomic mass is 10.1. The smallest absolute Gasteiger partial charge is 0.110 e. The normalized spacial score (nSPS) is 10.1. The highest BCUT2D eigenvalue weighted by Gasteiger charge is 2.07. The van der Waals surface area contributed by atoms with E-state index in [0.717, 1.165) is 16.0 Å². The van der Waals surface area contributed by atoms with Crippen molar-refractivity contribution in [1.29, 1.82) is 5.26 Å². The van der Waals surface area contributed by atoms with Crippen molar-refractivity contribution < 1.29 is 0 Å². The summed E-state index contributed by atoms with van der Waals surface area (Å²) in [5.41, 5.74) is 7.73. The first kappa shape index (κ1) is 11.2. The Hall–Kier alpha value is -1.34. The summed E-state index contributed by atoms with van der Waals surface area (Å²) in [6.45, 7) is 0.440. The lowest BCUT2D eigenvalue weighted by Gasteiger charge is -2.05. The van der Waals surface area contributed by atoms with Gasteiger partial charge in [0.25, 0.3) is 0 Å². The molecule has 0 atom stereocenters. The Labute approximate surface area is 103 Å². The molecule has 2 nitrogen and oxygen atoms in total. The van der Waals surface area contributed by atoms with E-state index in [-0.39, 0.29) is 0 Å². The van der Waals surface area contributed by atoms with Gasteiger partial charge in [0.1, 0.15) is 10.9 Å². The number of halogens is 1. The molecule has 0 unspecified atom stereocenters. The number of benzene rings is 1. The number of hydrogen-bond donors (Lipinski definition) is 1. The van der Waals surface area contributed by atoms with Crippen molar-refractivity contribution in [1.82, 2.24) is 0 Å². The third kappa shape index (κ3) is 2.10. The van der Waals surface area contributed by atoms with Crippen LogP contribution in [-0.4, -0.2) is 0 Å². The van der Waals surface area contributed by atoms with Gasteiger partial charge < -0.3 is 5.73 Å². The number of hydrogen-bond acceptors (Lipinski definition) is 3. The molecule has 0 saturated carbocycles. The topological polar surface area (TPSA) is 49.8 Å². The van der Waals surface area contributed by atoms with E-state index >= 15 is 0 Å². The van der Waals surface area contributed by atoms with E-state index in [1.165, 1.54) is 11.3 Å². The Morgan fingerprint density at radius 1 is 1.31 bits per heavy atom. The predicted molar refractivity (Wildman–Crippen MR) is 67.4 cm³/mol. The van der Waals surface area contributed by atoms with E-state index in [0.29, 0.717) is 16.4 Å². The second-order valence-corrected chi connectivity index (χ2v) is 4.80. The third-order valence-corrected chi connectivity index (χ3v) is 3.53. The van der Waals surface area contributed by atoms with E-state index in [1.807, 2.05) is 30.3 Å². The first-order valence-corrected chi connectivity index (χ1v) is 5.93. The van der Waals surface area contributed by atoms with Gasteiger partial charge in [-0.1, -0.05) is 17.7 Å². The highest BCUT2D eigenvalue weighted by atomic mass is 35.5. The van der Waals surface area contributed by atoms with Gasteiger partial charge in [-0.05, 0) is 35.4 Å². The van der Waals surface area contributed by atoms with Crippen LogP contribution in [0, 0.1) is 11.3 Å². The SMILES string of the molecule is N#Cc1ccc(-c2ccc(Cl)cc2CN)s1. The van der Waals surface area contributed by atoms with Crippen LogP contribution >= 0.6 is 22.9 Å². The van der Waals surface area contributed by atoms with Gasteiger partial charge in [0.05, 0.1) is 0 Å². The van der Waals surface area contributed by atoms with Crippen LogP contribution in [0.4, 0.5) is 0 Å². The molecule has 80 valence electrons. The van der Waals surface area contributed by atoms with Crippen molar-refractivity contribution in [3.8, 4) is 16.5 Å². The van der Waals surface area contributed by atoms with Crippen LogP contribution in [0.2, 0.25) is 5.02 Å². The zero-order valence-corrected chi connectivity index (χ0v) is 9.98. The zero-order valence-electron chi connectivity index (χ0n) is 8.40. The van der Waals surface area contributed by atoms with Crippen molar-refractivity contribution >= 4 is 22.9 Å². The average molecular weight is 249 g/mol. The minimum Gasteiger partial charge on any atom is -0.326 e. The summed E-state index contributed by atoms with van der Waals surface area (Å²) in [5.74, 6) is 0. The standard InChI is InChI=1S/C12H9ClN2S/c13-9-1-3-11(8(5-9)6-14)12-4-2-10(7-15)16-12/h1-5H,6,14H2. The lowest BCUT2D eigenvalue weighted by Crippen LogP contribution is -1.98. The van der Waals surface area contributed by atoms with Crippen molar-refractivity contribution in [3.63, 3.8) is 0 Å². The molecule has 0 fully saturated rings. The van der Waals surface area contributed by atoms with Crippen LogP contribution in [0.5, 0.6) is 0 Å². The van der Waals surface area contributed by atoms with Crippen molar-refractivity contribution in [3.05, 3.63) is 45.8 Å². The molecule has 0 amide bonds. The molecule has 0 radical (unpaired) electrons.